The number of aromatic nitrogens is 6. The van der Waals surface area contributed by atoms with Crippen LogP contribution in [0.15, 0.2) is 70.1 Å². The number of urea groups is 3. The van der Waals surface area contributed by atoms with E-state index in [9.17, 15) is 27.0 Å². The molecule has 0 saturated heterocycles. The Morgan fingerprint density at radius 1 is 0.488 bits per heavy atom. The molecule has 0 bridgehead atoms. The van der Waals surface area contributed by atoms with Crippen LogP contribution >= 0.6 is 0 Å². The van der Waals surface area contributed by atoms with E-state index in [0.29, 0.717) is 32.7 Å². The number of nitrogens with zero attached hydrogens (tertiary/aromatic N) is 7. The van der Waals surface area contributed by atoms with Crippen molar-refractivity contribution >= 4 is 64.9 Å². The zero-order chi connectivity index (χ0) is 59.3. The number of nitrogens with one attached hydrogen (secondary N) is 10. The van der Waals surface area contributed by atoms with E-state index in [-0.39, 0.29) is 14.7 Å². The summed E-state index contributed by atoms with van der Waals surface area (Å²) in [6, 6.07) is 5.06. The monoisotopic (exact) mass is 1210 g/mol. The summed E-state index contributed by atoms with van der Waals surface area (Å²) in [5.74, 6) is 0. The molecule has 0 spiro atoms. The number of hydrogen-bond acceptors (Lipinski definition) is 15. The molecule has 3 unspecified atom stereocenters. The number of hydrogen-bond donors (Lipinski definition) is 11. The molecule has 12 N–H and O–H groups in total. The van der Waals surface area contributed by atoms with Gasteiger partial charge in [0.1, 0.15) is 14.7 Å². The van der Waals surface area contributed by atoms with Crippen molar-refractivity contribution in [2.45, 2.75) is 150 Å². The lowest BCUT2D eigenvalue weighted by Crippen LogP contribution is -2.34. The Morgan fingerprint density at radius 3 is 1.05 bits per heavy atom. The zero-order valence-corrected chi connectivity index (χ0v) is 50.5. The number of rotatable bonds is 17. The number of carbonyl (C=O) groups excluding carboxylic acids is 3. The number of aryl methyl sites for hydroxylation is 6. The molecule has 3 aromatic carbocycles. The minimum Gasteiger partial charge on any atom is -0.329 e. The number of fused-ring (bicyclic) bond motifs is 6. The summed E-state index contributed by atoms with van der Waals surface area (Å²) >= 11 is 0. The van der Waals surface area contributed by atoms with Gasteiger partial charge in [0.25, 0.3) is 0 Å². The third-order valence-electron chi connectivity index (χ3n) is 16.4. The number of anilines is 3. The van der Waals surface area contributed by atoms with E-state index in [1.54, 1.807) is 21.8 Å². The molecule has 0 aliphatic heterocycles. The van der Waals surface area contributed by atoms with Crippen LogP contribution in [0.4, 0.5) is 31.4 Å². The van der Waals surface area contributed by atoms with Crippen LogP contribution in [0.5, 0.6) is 0 Å². The fraction of sp³-hybridized carbons (Fsp3) is 0.474. The molecule has 3 aromatic heterocycles. The average Bonchev–Trinajstić information content (AvgIpc) is 3.91. The molecule has 6 amide bonds. The quantitative estimate of drug-likeness (QED) is 0.0452. The first-order chi connectivity index (χ1) is 40.3. The molecule has 24 nitrogen and oxygen atoms in total. The van der Waals surface area contributed by atoms with E-state index in [0.717, 1.165) is 139 Å². The summed E-state index contributed by atoms with van der Waals surface area (Å²) < 4.78 is 74.5. The first-order valence-corrected chi connectivity index (χ1v) is 33.7. The summed E-state index contributed by atoms with van der Waals surface area (Å²) in [6.45, 7) is 3.55. The maximum absolute atomic E-state index is 12.8. The standard InChI is InChI=1S/C20H28N6O2S.C19H26N6O2S.C18H24N6O2S/c1-25(2)9-10-26-13-16(12-22-26)29(21,28)24-20(27)23-19-17-7-3-5-14(17)11-15-6-4-8-18(15)19;1-21-8-9-25-12-15(11-22-25)28(20,27)24-19(26)23-18-16-6-2-4-13(16)10-14-5-3-7-17(14)18;19-7-8-24-11-14(10-21-24)27(20,26)23-18(25)22-17-15-5-1-3-12(15)9-13-4-2-6-16(13)17/h11-13H,3-10H2,1-2H3,(H3,21,23,24,27,28);10-12,21H,2-9H2,1H3,(H3,20,23,24,26,27);9-11H,1-8,19H2,(H3,20,22,23,25,26). The molecule has 84 heavy (non-hydrogen) atoms. The predicted octanol–water partition coefficient (Wildman–Crippen LogP) is 6.75. The van der Waals surface area contributed by atoms with Gasteiger partial charge in [-0.05, 0) is 203 Å². The first-order valence-electron chi connectivity index (χ1n) is 29.0. The molecule has 6 aliphatic carbocycles. The van der Waals surface area contributed by atoms with E-state index in [4.69, 9.17) is 20.1 Å². The summed E-state index contributed by atoms with van der Waals surface area (Å²) in [5.41, 5.74) is 23.2. The lowest BCUT2D eigenvalue weighted by atomic mass is 9.99. The van der Waals surface area contributed by atoms with E-state index in [2.05, 4.69) is 68.9 Å². The molecule has 27 heteroatoms. The van der Waals surface area contributed by atoms with Gasteiger partial charge in [-0.2, -0.15) is 15.3 Å². The Labute approximate surface area is 492 Å². The molecule has 6 aliphatic rings. The number of likely N-dealkylation sites (N-methyl/N-ethyl adjacent to an activating group) is 2. The molecule has 3 atom stereocenters. The lowest BCUT2D eigenvalue weighted by Gasteiger charge is -2.17. The van der Waals surface area contributed by atoms with Crippen molar-refractivity contribution in [2.24, 2.45) is 5.73 Å². The Kier molecular flexibility index (Phi) is 18.3. The Bertz CT molecular complexity index is 3730. The van der Waals surface area contributed by atoms with Crippen molar-refractivity contribution in [3.63, 3.8) is 0 Å². The second-order valence-electron chi connectivity index (χ2n) is 22.6. The van der Waals surface area contributed by atoms with Crippen LogP contribution in [-0.2, 0) is 126 Å². The maximum atomic E-state index is 12.8. The highest BCUT2D eigenvalue weighted by Gasteiger charge is 2.30. The fourth-order valence-corrected chi connectivity index (χ4v) is 15.1. The molecule has 6 aromatic rings. The van der Waals surface area contributed by atoms with E-state index in [1.807, 2.05) is 26.0 Å². The molecule has 450 valence electrons. The molecular formula is C57H78N18O6S3. The number of benzene rings is 3. The van der Waals surface area contributed by atoms with Gasteiger partial charge in [-0.15, -0.1) is 0 Å². The predicted molar refractivity (Wildman–Crippen MR) is 324 cm³/mol. The molecular weight excluding hydrogens is 1130 g/mol. The van der Waals surface area contributed by atoms with Crippen molar-refractivity contribution in [2.75, 3.05) is 56.7 Å². The van der Waals surface area contributed by atoms with Gasteiger partial charge < -0.3 is 31.9 Å². The van der Waals surface area contributed by atoms with Gasteiger partial charge in [0.15, 0.2) is 29.7 Å². The topological polar surface area (TPSA) is 341 Å². The minimum absolute atomic E-state index is 0.162. The summed E-state index contributed by atoms with van der Waals surface area (Å²) in [6.07, 6.45) is 27.2. The Morgan fingerprint density at radius 2 is 0.774 bits per heavy atom. The smallest absolute Gasteiger partial charge is 0.329 e. The van der Waals surface area contributed by atoms with Crippen LogP contribution in [0.2, 0.25) is 0 Å². The molecule has 0 fully saturated rings. The first kappa shape index (κ1) is 60.0. The summed E-state index contributed by atoms with van der Waals surface area (Å²) in [7, 11) is -4.70. The highest BCUT2D eigenvalue weighted by atomic mass is 32.2. The molecule has 0 radical (unpaired) electrons. The van der Waals surface area contributed by atoms with E-state index >= 15 is 0 Å². The van der Waals surface area contributed by atoms with E-state index in [1.165, 1.54) is 96.2 Å². The van der Waals surface area contributed by atoms with E-state index < -0.39 is 47.8 Å². The van der Waals surface area contributed by atoms with Gasteiger partial charge in [-0.3, -0.25) is 14.0 Å². The van der Waals surface area contributed by atoms with Crippen LogP contribution in [0.25, 0.3) is 0 Å². The van der Waals surface area contributed by atoms with Gasteiger partial charge >= 0.3 is 18.1 Å². The van der Waals surface area contributed by atoms with Gasteiger partial charge in [-0.25, -0.2) is 55.5 Å². The third kappa shape index (κ3) is 13.7. The van der Waals surface area contributed by atoms with Crippen molar-refractivity contribution in [3.8, 4) is 0 Å². The van der Waals surface area contributed by atoms with Crippen LogP contribution in [0.3, 0.4) is 0 Å². The highest BCUT2D eigenvalue weighted by molar-refractivity contribution is 7.91. The second-order valence-corrected chi connectivity index (χ2v) is 27.9. The van der Waals surface area contributed by atoms with Crippen LogP contribution < -0.4 is 41.2 Å². The molecule has 3 heterocycles. The number of carbonyl (C=O) groups is 3. The SMILES string of the molecule is CN(C)CCn1cc(S(=N)(=O)NC(=O)Nc2c3c(cc4c2CCC4)CCC3)cn1.CNCCn1cc(S(=N)(=O)NC(=O)Nc2c3c(cc4c2CCC4)CCC3)cn1.N=S(=O)(NC(=O)Nc1c2c(cc3c1CCC3)CCC2)c1cnn(CCN)c1. The van der Waals surface area contributed by atoms with Crippen LogP contribution in [-0.4, -0.2) is 106 Å². The highest BCUT2D eigenvalue weighted by Crippen LogP contribution is 2.41. The van der Waals surface area contributed by atoms with Crippen molar-refractivity contribution in [1.82, 2.24) is 53.7 Å². The molecule has 12 rings (SSSR count). The molecule has 0 saturated carbocycles. The lowest BCUT2D eigenvalue weighted by molar-refractivity contribution is 0.256. The normalized spacial score (nSPS) is 17.1. The summed E-state index contributed by atoms with van der Waals surface area (Å²) in [4.78, 5) is 40.4. The number of amides is 6. The van der Waals surface area contributed by atoms with Crippen molar-refractivity contribution in [3.05, 3.63) is 122 Å². The van der Waals surface area contributed by atoms with Gasteiger partial charge in [-0.1, -0.05) is 18.2 Å². The van der Waals surface area contributed by atoms with Crippen LogP contribution in [0, 0.1) is 14.3 Å². The van der Waals surface area contributed by atoms with Crippen molar-refractivity contribution < 1.29 is 27.0 Å². The maximum Gasteiger partial charge on any atom is 0.331 e. The third-order valence-corrected chi connectivity index (χ3v) is 20.4. The van der Waals surface area contributed by atoms with Gasteiger partial charge in [0.2, 0.25) is 0 Å². The fourth-order valence-electron chi connectivity index (χ4n) is 12.4. The van der Waals surface area contributed by atoms with Gasteiger partial charge in [0, 0.05) is 55.3 Å². The Hall–Kier alpha value is -7.17. The van der Waals surface area contributed by atoms with Gasteiger partial charge in [0.05, 0.1) is 38.2 Å². The number of nitrogens with two attached hydrogens (primary N) is 1. The summed E-state index contributed by atoms with van der Waals surface area (Å²) in [5, 5.41) is 24.1. The second kappa shape index (κ2) is 25.6. The average molecular weight is 1210 g/mol. The Balaban J connectivity index is 0.000000140. The van der Waals surface area contributed by atoms with Crippen molar-refractivity contribution in [1.29, 1.82) is 14.3 Å². The minimum atomic E-state index is -3.49. The zero-order valence-electron chi connectivity index (χ0n) is 48.0. The van der Waals surface area contributed by atoms with Crippen LogP contribution in [0.1, 0.15) is 105 Å². The largest absolute Gasteiger partial charge is 0.331 e.